The highest BCUT2D eigenvalue weighted by Crippen LogP contribution is 2.45. The molecular weight excluding hydrogens is 208 g/mol. The van der Waals surface area contributed by atoms with E-state index in [9.17, 15) is 4.79 Å². The van der Waals surface area contributed by atoms with Gasteiger partial charge < -0.3 is 4.79 Å². The van der Waals surface area contributed by atoms with Crippen molar-refractivity contribution < 1.29 is 4.79 Å². The lowest BCUT2D eigenvalue weighted by molar-refractivity contribution is -0.116. The van der Waals surface area contributed by atoms with Crippen molar-refractivity contribution in [2.24, 2.45) is 5.92 Å². The van der Waals surface area contributed by atoms with Crippen molar-refractivity contribution in [1.29, 1.82) is 0 Å². The molecule has 2 rings (SSSR count). The molecule has 1 aliphatic rings. The van der Waals surface area contributed by atoms with E-state index < -0.39 is 0 Å². The summed E-state index contributed by atoms with van der Waals surface area (Å²) in [4.78, 5) is 11.7. The Labute approximate surface area is 104 Å². The number of hydrogen-bond acceptors (Lipinski definition) is 1. The lowest BCUT2D eigenvalue weighted by Gasteiger charge is -2.42. The maximum absolute atomic E-state index is 11.7. The molecule has 0 aliphatic heterocycles. The Bertz CT molecular complexity index is 353. The van der Waals surface area contributed by atoms with E-state index in [0.29, 0.717) is 5.92 Å². The van der Waals surface area contributed by atoms with Gasteiger partial charge in [-0.1, -0.05) is 56.5 Å². The van der Waals surface area contributed by atoms with Gasteiger partial charge in [-0.2, -0.15) is 0 Å². The SMILES string of the molecule is [CH2]CCCC(C=O)(c1ccccc1)C1CCC1. The summed E-state index contributed by atoms with van der Waals surface area (Å²) in [5, 5.41) is 0. The zero-order valence-corrected chi connectivity index (χ0v) is 10.4. The van der Waals surface area contributed by atoms with Gasteiger partial charge in [-0.15, -0.1) is 0 Å². The summed E-state index contributed by atoms with van der Waals surface area (Å²) in [7, 11) is 0. The molecule has 0 N–H and O–H groups in total. The predicted octanol–water partition coefficient (Wildman–Crippen LogP) is 3.93. The van der Waals surface area contributed by atoms with Gasteiger partial charge in [0.25, 0.3) is 0 Å². The molecule has 1 nitrogen and oxygen atoms in total. The van der Waals surface area contributed by atoms with Crippen LogP contribution in [0.15, 0.2) is 30.3 Å². The molecule has 0 heterocycles. The monoisotopic (exact) mass is 229 g/mol. The van der Waals surface area contributed by atoms with E-state index >= 15 is 0 Å². The summed E-state index contributed by atoms with van der Waals surface area (Å²) in [6.07, 6.45) is 7.78. The zero-order chi connectivity index (χ0) is 12.1. The molecule has 91 valence electrons. The summed E-state index contributed by atoms with van der Waals surface area (Å²) >= 11 is 0. The first-order chi connectivity index (χ1) is 8.33. The first-order valence-corrected chi connectivity index (χ1v) is 6.64. The van der Waals surface area contributed by atoms with Crippen LogP contribution in [0.4, 0.5) is 0 Å². The number of carbonyl (C=O) groups is 1. The highest BCUT2D eigenvalue weighted by Gasteiger charge is 2.42. The van der Waals surface area contributed by atoms with Crippen molar-refractivity contribution in [3.05, 3.63) is 42.8 Å². The Kier molecular flexibility index (Phi) is 3.98. The van der Waals surface area contributed by atoms with Crippen LogP contribution in [0.1, 0.15) is 44.1 Å². The second-order valence-electron chi connectivity index (χ2n) is 5.11. The number of aldehydes is 1. The van der Waals surface area contributed by atoms with Crippen LogP contribution >= 0.6 is 0 Å². The van der Waals surface area contributed by atoms with Crippen LogP contribution in [0, 0.1) is 12.8 Å². The number of benzene rings is 1. The van der Waals surface area contributed by atoms with Gasteiger partial charge in [0.1, 0.15) is 6.29 Å². The number of unbranched alkanes of at least 4 members (excludes halogenated alkanes) is 1. The lowest BCUT2D eigenvalue weighted by Crippen LogP contribution is -2.40. The van der Waals surface area contributed by atoms with Crippen molar-refractivity contribution in [3.63, 3.8) is 0 Å². The molecule has 1 aromatic carbocycles. The van der Waals surface area contributed by atoms with E-state index in [1.54, 1.807) is 0 Å². The van der Waals surface area contributed by atoms with Crippen molar-refractivity contribution in [2.45, 2.75) is 43.9 Å². The van der Waals surface area contributed by atoms with Gasteiger partial charge in [0, 0.05) is 0 Å². The van der Waals surface area contributed by atoms with Gasteiger partial charge in [-0.05, 0) is 30.7 Å². The largest absolute Gasteiger partial charge is 0.302 e. The van der Waals surface area contributed by atoms with Gasteiger partial charge in [-0.25, -0.2) is 0 Å². The van der Waals surface area contributed by atoms with Gasteiger partial charge in [-0.3, -0.25) is 0 Å². The quantitative estimate of drug-likeness (QED) is 0.675. The topological polar surface area (TPSA) is 17.1 Å². The molecule has 0 aromatic heterocycles. The maximum atomic E-state index is 11.7. The van der Waals surface area contributed by atoms with E-state index in [1.807, 2.05) is 18.2 Å². The molecule has 17 heavy (non-hydrogen) atoms. The molecule has 0 spiro atoms. The Morgan fingerprint density at radius 3 is 2.47 bits per heavy atom. The Morgan fingerprint density at radius 1 is 1.29 bits per heavy atom. The first kappa shape index (κ1) is 12.3. The van der Waals surface area contributed by atoms with Crippen LogP contribution < -0.4 is 0 Å². The molecule has 1 aliphatic carbocycles. The number of rotatable bonds is 6. The summed E-state index contributed by atoms with van der Waals surface area (Å²) in [5.74, 6) is 0.550. The third-order valence-corrected chi connectivity index (χ3v) is 4.20. The fraction of sp³-hybridized carbons (Fsp3) is 0.500. The molecule has 1 heteroatoms. The summed E-state index contributed by atoms with van der Waals surface area (Å²) < 4.78 is 0. The fourth-order valence-electron chi connectivity index (χ4n) is 2.90. The number of carbonyl (C=O) groups excluding carboxylic acids is 1. The van der Waals surface area contributed by atoms with E-state index in [2.05, 4.69) is 19.1 Å². The fourth-order valence-corrected chi connectivity index (χ4v) is 2.90. The minimum atomic E-state index is -0.239. The first-order valence-electron chi connectivity index (χ1n) is 6.64. The highest BCUT2D eigenvalue weighted by molar-refractivity contribution is 5.69. The second kappa shape index (κ2) is 5.48. The van der Waals surface area contributed by atoms with E-state index in [4.69, 9.17) is 0 Å². The summed E-state index contributed by atoms with van der Waals surface area (Å²) in [6.45, 7) is 3.90. The molecule has 0 saturated heterocycles. The Hall–Kier alpha value is -1.11. The van der Waals surface area contributed by atoms with Gasteiger partial charge in [0.2, 0.25) is 0 Å². The van der Waals surface area contributed by atoms with E-state index in [0.717, 1.165) is 19.3 Å². The van der Waals surface area contributed by atoms with Crippen LogP contribution in [0.25, 0.3) is 0 Å². The van der Waals surface area contributed by atoms with Crippen LogP contribution in [-0.2, 0) is 10.2 Å². The number of hydrogen-bond donors (Lipinski definition) is 0. The smallest absolute Gasteiger partial charge is 0.130 e. The van der Waals surface area contributed by atoms with Crippen LogP contribution in [0.3, 0.4) is 0 Å². The molecule has 1 atom stereocenters. The average molecular weight is 229 g/mol. The third-order valence-electron chi connectivity index (χ3n) is 4.20. The second-order valence-corrected chi connectivity index (χ2v) is 5.11. The molecule has 1 fully saturated rings. The third kappa shape index (κ3) is 2.29. The van der Waals surface area contributed by atoms with E-state index in [-0.39, 0.29) is 5.41 Å². The van der Waals surface area contributed by atoms with Crippen molar-refractivity contribution in [1.82, 2.24) is 0 Å². The minimum absolute atomic E-state index is 0.239. The van der Waals surface area contributed by atoms with Gasteiger partial charge >= 0.3 is 0 Å². The maximum Gasteiger partial charge on any atom is 0.130 e. The summed E-state index contributed by atoms with van der Waals surface area (Å²) in [5.41, 5.74) is 0.963. The molecule has 1 radical (unpaired) electrons. The summed E-state index contributed by atoms with van der Waals surface area (Å²) in [6, 6.07) is 10.3. The zero-order valence-electron chi connectivity index (χ0n) is 10.4. The molecule has 0 amide bonds. The standard InChI is InChI=1S/C16H21O/c1-2-3-12-16(13-17,15-10-7-11-15)14-8-5-4-6-9-14/h4-6,8-9,13,15H,1-3,7,10-12H2. The van der Waals surface area contributed by atoms with Crippen molar-refractivity contribution >= 4 is 6.29 Å². The van der Waals surface area contributed by atoms with Crippen LogP contribution in [0.5, 0.6) is 0 Å². The van der Waals surface area contributed by atoms with Gasteiger partial charge in [0.15, 0.2) is 0 Å². The normalized spacial score (nSPS) is 19.4. The molecular formula is C16H21O. The highest BCUT2D eigenvalue weighted by atomic mass is 16.1. The Balaban J connectivity index is 2.30. The Morgan fingerprint density at radius 2 is 2.00 bits per heavy atom. The minimum Gasteiger partial charge on any atom is -0.302 e. The van der Waals surface area contributed by atoms with E-state index in [1.165, 1.54) is 31.1 Å². The van der Waals surface area contributed by atoms with Crippen LogP contribution in [-0.4, -0.2) is 6.29 Å². The molecule has 0 bridgehead atoms. The molecule has 1 aromatic rings. The average Bonchev–Trinajstić information content (AvgIpc) is 2.33. The van der Waals surface area contributed by atoms with Crippen LogP contribution in [0.2, 0.25) is 0 Å². The predicted molar refractivity (Wildman–Crippen MR) is 70.7 cm³/mol. The van der Waals surface area contributed by atoms with Gasteiger partial charge in [0.05, 0.1) is 5.41 Å². The molecule has 1 unspecified atom stereocenters. The molecule has 1 saturated carbocycles. The lowest BCUT2D eigenvalue weighted by atomic mass is 9.60. The van der Waals surface area contributed by atoms with Crippen molar-refractivity contribution in [2.75, 3.05) is 0 Å². The van der Waals surface area contributed by atoms with Crippen molar-refractivity contribution in [3.8, 4) is 0 Å².